The number of rotatable bonds is 5. The van der Waals surface area contributed by atoms with Gasteiger partial charge in [0, 0.05) is 6.54 Å². The molecule has 0 aliphatic carbocycles. The van der Waals surface area contributed by atoms with Gasteiger partial charge >= 0.3 is 0 Å². The largest absolute Gasteiger partial charge is 0.395 e. The van der Waals surface area contributed by atoms with Gasteiger partial charge in [0.05, 0.1) is 12.4 Å². The zero-order valence-corrected chi connectivity index (χ0v) is 8.80. The number of benzene rings is 1. The molecule has 0 amide bonds. The molecule has 2 N–H and O–H groups in total. The van der Waals surface area contributed by atoms with Gasteiger partial charge in [0.1, 0.15) is 5.82 Å². The fourth-order valence-electron chi connectivity index (χ4n) is 1.03. The van der Waals surface area contributed by atoms with Crippen LogP contribution >= 0.6 is 0 Å². The molecule has 0 fully saturated rings. The third kappa shape index (κ3) is 4.37. The maximum Gasteiger partial charge on any atom is 0.214 e. The predicted octanol–water partition coefficient (Wildman–Crippen LogP) is 0.237. The van der Waals surface area contributed by atoms with Crippen molar-refractivity contribution in [2.24, 2.45) is 0 Å². The zero-order chi connectivity index (χ0) is 11.3. The summed E-state index contributed by atoms with van der Waals surface area (Å²) in [5.41, 5.74) is 0.538. The molecule has 0 spiro atoms. The van der Waals surface area contributed by atoms with Crippen molar-refractivity contribution in [1.82, 2.24) is 4.72 Å². The Morgan fingerprint density at radius 2 is 2.13 bits per heavy atom. The van der Waals surface area contributed by atoms with Crippen LogP contribution in [0, 0.1) is 5.82 Å². The van der Waals surface area contributed by atoms with E-state index in [4.69, 9.17) is 5.11 Å². The number of aliphatic hydroxyl groups is 1. The molecule has 0 radical (unpaired) electrons. The molecule has 6 heteroatoms. The molecule has 15 heavy (non-hydrogen) atoms. The third-order valence-corrected chi connectivity index (χ3v) is 3.05. The predicted molar refractivity (Wildman–Crippen MR) is 54.1 cm³/mol. The van der Waals surface area contributed by atoms with Crippen molar-refractivity contribution in [3.05, 3.63) is 35.6 Å². The van der Waals surface area contributed by atoms with Gasteiger partial charge in [0.15, 0.2) is 0 Å². The Balaban J connectivity index is 2.58. The highest BCUT2D eigenvalue weighted by Crippen LogP contribution is 2.03. The third-order valence-electron chi connectivity index (χ3n) is 1.75. The molecule has 0 heterocycles. The number of nitrogens with one attached hydrogen (secondary N) is 1. The molecule has 0 aromatic heterocycles. The minimum atomic E-state index is -3.47. The minimum absolute atomic E-state index is 0.0279. The molecule has 0 aliphatic rings. The van der Waals surface area contributed by atoms with Gasteiger partial charge in [-0.05, 0) is 17.7 Å². The van der Waals surface area contributed by atoms with Crippen LogP contribution in [0.3, 0.4) is 0 Å². The van der Waals surface area contributed by atoms with Crippen LogP contribution in [0.2, 0.25) is 0 Å². The van der Waals surface area contributed by atoms with E-state index in [1.807, 2.05) is 0 Å². The smallest absolute Gasteiger partial charge is 0.214 e. The van der Waals surface area contributed by atoms with Gasteiger partial charge < -0.3 is 5.11 Å². The van der Waals surface area contributed by atoms with Crippen LogP contribution in [0.5, 0.6) is 0 Å². The highest BCUT2D eigenvalue weighted by molar-refractivity contribution is 7.89. The van der Waals surface area contributed by atoms with Crippen molar-refractivity contribution in [3.63, 3.8) is 0 Å². The Kier molecular flexibility index (Phi) is 4.19. The minimum Gasteiger partial charge on any atom is -0.395 e. The highest BCUT2D eigenvalue weighted by Gasteiger charge is 2.08. The van der Waals surface area contributed by atoms with E-state index < -0.39 is 22.4 Å². The molecule has 1 aromatic rings. The molecule has 0 saturated carbocycles. The number of hydrogen-bond acceptors (Lipinski definition) is 3. The number of halogens is 1. The summed E-state index contributed by atoms with van der Waals surface area (Å²) < 4.78 is 37.2. The van der Waals surface area contributed by atoms with E-state index in [0.29, 0.717) is 5.56 Å². The van der Waals surface area contributed by atoms with E-state index >= 15 is 0 Å². The van der Waals surface area contributed by atoms with Gasteiger partial charge in [0.25, 0.3) is 0 Å². The first-order valence-corrected chi connectivity index (χ1v) is 6.01. The summed E-state index contributed by atoms with van der Waals surface area (Å²) in [4.78, 5) is 0. The molecular weight excluding hydrogens is 221 g/mol. The lowest BCUT2D eigenvalue weighted by atomic mass is 10.2. The monoisotopic (exact) mass is 233 g/mol. The summed E-state index contributed by atoms with van der Waals surface area (Å²) in [7, 11) is -3.47. The maximum absolute atomic E-state index is 12.7. The van der Waals surface area contributed by atoms with Crippen molar-refractivity contribution in [1.29, 1.82) is 0 Å². The van der Waals surface area contributed by atoms with Gasteiger partial charge in [-0.15, -0.1) is 0 Å². The van der Waals surface area contributed by atoms with E-state index in [0.717, 1.165) is 0 Å². The second-order valence-corrected chi connectivity index (χ2v) is 4.92. The standard InChI is InChI=1S/C9H12FNO3S/c10-9-3-1-2-8(6-9)7-11-15(13,14)5-4-12/h1-3,6,11-12H,4-5,7H2. The first-order chi connectivity index (χ1) is 7.03. The Labute approximate surface area is 87.8 Å². The summed E-state index contributed by atoms with van der Waals surface area (Å²) in [6.45, 7) is -0.404. The topological polar surface area (TPSA) is 66.4 Å². The van der Waals surface area contributed by atoms with Gasteiger partial charge in [-0.1, -0.05) is 12.1 Å². The Bertz CT molecular complexity index is 419. The van der Waals surface area contributed by atoms with E-state index in [1.54, 1.807) is 6.07 Å². The van der Waals surface area contributed by atoms with Crippen LogP contribution in [0.25, 0.3) is 0 Å². The Hall–Kier alpha value is -0.980. The van der Waals surface area contributed by atoms with Crippen molar-refractivity contribution >= 4 is 10.0 Å². The molecule has 84 valence electrons. The lowest BCUT2D eigenvalue weighted by Crippen LogP contribution is -2.27. The lowest BCUT2D eigenvalue weighted by molar-refractivity contribution is 0.319. The Morgan fingerprint density at radius 1 is 1.40 bits per heavy atom. The SMILES string of the molecule is O=S(=O)(CCO)NCc1cccc(F)c1. The van der Waals surface area contributed by atoms with Gasteiger partial charge in [-0.25, -0.2) is 17.5 Å². The molecule has 1 aromatic carbocycles. The van der Waals surface area contributed by atoms with Crippen LogP contribution < -0.4 is 4.72 Å². The van der Waals surface area contributed by atoms with Gasteiger partial charge in [0.2, 0.25) is 10.0 Å². The zero-order valence-electron chi connectivity index (χ0n) is 7.98. The number of hydrogen-bond donors (Lipinski definition) is 2. The van der Waals surface area contributed by atoms with Crippen molar-refractivity contribution in [2.75, 3.05) is 12.4 Å². The molecule has 0 aliphatic heterocycles. The quantitative estimate of drug-likeness (QED) is 0.765. The normalized spacial score (nSPS) is 11.6. The average Bonchev–Trinajstić information content (AvgIpc) is 2.15. The van der Waals surface area contributed by atoms with Gasteiger partial charge in [-0.2, -0.15) is 0 Å². The second-order valence-electron chi connectivity index (χ2n) is 2.99. The van der Waals surface area contributed by atoms with Crippen molar-refractivity contribution in [2.45, 2.75) is 6.54 Å². The fourth-order valence-corrected chi connectivity index (χ4v) is 1.80. The Morgan fingerprint density at radius 3 is 2.73 bits per heavy atom. The van der Waals surface area contributed by atoms with Crippen molar-refractivity contribution in [3.8, 4) is 0 Å². The molecule has 0 unspecified atom stereocenters. The molecular formula is C9H12FNO3S. The maximum atomic E-state index is 12.7. The summed E-state index contributed by atoms with van der Waals surface area (Å²) >= 11 is 0. The summed E-state index contributed by atoms with van der Waals surface area (Å²) in [6, 6.07) is 5.66. The first-order valence-electron chi connectivity index (χ1n) is 4.36. The summed E-state index contributed by atoms with van der Waals surface area (Å²) in [5, 5.41) is 8.46. The molecule has 1 rings (SSSR count). The van der Waals surface area contributed by atoms with E-state index in [2.05, 4.69) is 4.72 Å². The molecule has 4 nitrogen and oxygen atoms in total. The molecule has 0 bridgehead atoms. The lowest BCUT2D eigenvalue weighted by Gasteiger charge is -2.05. The number of sulfonamides is 1. The van der Waals surface area contributed by atoms with E-state index in [1.165, 1.54) is 18.2 Å². The van der Waals surface area contributed by atoms with Crippen LogP contribution in [-0.2, 0) is 16.6 Å². The van der Waals surface area contributed by atoms with Crippen LogP contribution in [0.15, 0.2) is 24.3 Å². The summed E-state index contributed by atoms with van der Waals surface area (Å²) in [5.74, 6) is -0.753. The molecule has 0 saturated heterocycles. The fraction of sp³-hybridized carbons (Fsp3) is 0.333. The molecule has 0 atom stereocenters. The second kappa shape index (κ2) is 5.20. The van der Waals surface area contributed by atoms with Crippen molar-refractivity contribution < 1.29 is 17.9 Å². The van der Waals surface area contributed by atoms with E-state index in [-0.39, 0.29) is 12.3 Å². The van der Waals surface area contributed by atoms with Crippen LogP contribution in [-0.4, -0.2) is 25.9 Å². The highest BCUT2D eigenvalue weighted by atomic mass is 32.2. The van der Waals surface area contributed by atoms with Crippen LogP contribution in [0.4, 0.5) is 4.39 Å². The summed E-state index contributed by atoms with van der Waals surface area (Å²) in [6.07, 6.45) is 0. The van der Waals surface area contributed by atoms with Crippen LogP contribution in [0.1, 0.15) is 5.56 Å². The first kappa shape index (κ1) is 12.1. The average molecular weight is 233 g/mol. The van der Waals surface area contributed by atoms with E-state index in [9.17, 15) is 12.8 Å². The van der Waals surface area contributed by atoms with Gasteiger partial charge in [-0.3, -0.25) is 0 Å². The number of aliphatic hydroxyl groups excluding tert-OH is 1.